The van der Waals surface area contributed by atoms with Crippen molar-refractivity contribution >= 4 is 5.91 Å². The summed E-state index contributed by atoms with van der Waals surface area (Å²) in [4.78, 5) is 19.8. The van der Waals surface area contributed by atoms with Gasteiger partial charge in [-0.1, -0.05) is 60.7 Å². The molecule has 0 bridgehead atoms. The predicted octanol–water partition coefficient (Wildman–Crippen LogP) is 3.04. The Morgan fingerprint density at radius 2 is 1.32 bits per heavy atom. The van der Waals surface area contributed by atoms with Crippen molar-refractivity contribution in [1.29, 1.82) is 0 Å². The highest BCUT2D eigenvalue weighted by molar-refractivity contribution is 5.78. The first-order valence-electron chi connectivity index (χ1n) is 10.6. The van der Waals surface area contributed by atoms with Gasteiger partial charge in [0.2, 0.25) is 5.91 Å². The molecule has 0 atom stereocenters. The number of piperazine rings is 1. The maximum atomic E-state index is 12.6. The lowest BCUT2D eigenvalue weighted by atomic mass is 10.0. The van der Waals surface area contributed by atoms with Gasteiger partial charge >= 0.3 is 0 Å². The normalized spacial score (nSPS) is 19.6. The topological polar surface area (TPSA) is 26.8 Å². The second-order valence-corrected chi connectivity index (χ2v) is 8.07. The lowest BCUT2D eigenvalue weighted by molar-refractivity contribution is -0.132. The van der Waals surface area contributed by atoms with E-state index in [2.05, 4.69) is 40.1 Å². The fraction of sp³-hybridized carbons (Fsp3) is 0.458. The minimum atomic E-state index is 0.267. The van der Waals surface area contributed by atoms with Crippen molar-refractivity contribution in [2.75, 3.05) is 39.3 Å². The van der Waals surface area contributed by atoms with Crippen LogP contribution in [0.3, 0.4) is 0 Å². The van der Waals surface area contributed by atoms with Crippen molar-refractivity contribution in [2.24, 2.45) is 0 Å². The second-order valence-electron chi connectivity index (χ2n) is 8.07. The summed E-state index contributed by atoms with van der Waals surface area (Å²) in [5, 5.41) is 0. The van der Waals surface area contributed by atoms with E-state index in [0.29, 0.717) is 12.5 Å². The smallest absolute Gasteiger partial charge is 0.227 e. The van der Waals surface area contributed by atoms with Gasteiger partial charge in [0.15, 0.2) is 0 Å². The van der Waals surface area contributed by atoms with Crippen molar-refractivity contribution in [3.05, 3.63) is 71.8 Å². The number of amides is 1. The zero-order chi connectivity index (χ0) is 19.2. The molecule has 0 aliphatic carbocycles. The number of carbonyl (C=O) groups excluding carboxylic acids is 1. The first-order chi connectivity index (χ1) is 13.8. The molecule has 4 heteroatoms. The molecule has 2 aromatic carbocycles. The van der Waals surface area contributed by atoms with Gasteiger partial charge < -0.3 is 4.90 Å². The van der Waals surface area contributed by atoms with Crippen molar-refractivity contribution in [3.8, 4) is 0 Å². The molecular formula is C24H31N3O. The Morgan fingerprint density at radius 1 is 0.750 bits per heavy atom. The summed E-state index contributed by atoms with van der Waals surface area (Å²) < 4.78 is 0. The van der Waals surface area contributed by atoms with Crippen LogP contribution in [0.1, 0.15) is 24.0 Å². The highest BCUT2D eigenvalue weighted by atomic mass is 16.2. The molecule has 0 N–H and O–H groups in total. The number of hydrogen-bond acceptors (Lipinski definition) is 3. The van der Waals surface area contributed by atoms with Crippen LogP contribution in [-0.2, 0) is 17.8 Å². The van der Waals surface area contributed by atoms with Crippen molar-refractivity contribution in [2.45, 2.75) is 31.8 Å². The van der Waals surface area contributed by atoms with Gasteiger partial charge in [0, 0.05) is 38.8 Å². The van der Waals surface area contributed by atoms with Crippen molar-refractivity contribution in [1.82, 2.24) is 14.7 Å². The third-order valence-electron chi connectivity index (χ3n) is 6.19. The molecule has 1 amide bonds. The summed E-state index contributed by atoms with van der Waals surface area (Å²) in [6, 6.07) is 21.5. The third kappa shape index (κ3) is 5.00. The standard InChI is InChI=1S/C24H31N3O/c28-24(19-21-7-3-1-4-8-21)27-17-15-26(16-18-27)23-11-13-25(14-12-23)20-22-9-5-2-6-10-22/h1-10,23H,11-20H2. The van der Waals surface area contributed by atoms with E-state index in [4.69, 9.17) is 0 Å². The summed E-state index contributed by atoms with van der Waals surface area (Å²) in [5.74, 6) is 0.267. The number of piperidine rings is 1. The van der Waals surface area contributed by atoms with Crippen molar-refractivity contribution in [3.63, 3.8) is 0 Å². The fourth-order valence-electron chi connectivity index (χ4n) is 4.50. The van der Waals surface area contributed by atoms with Gasteiger partial charge in [0.1, 0.15) is 0 Å². The zero-order valence-corrected chi connectivity index (χ0v) is 16.7. The maximum absolute atomic E-state index is 12.6. The van der Waals surface area contributed by atoms with E-state index < -0.39 is 0 Å². The number of nitrogens with zero attached hydrogens (tertiary/aromatic N) is 3. The molecule has 0 saturated carbocycles. The van der Waals surface area contributed by atoms with E-state index in [1.165, 1.54) is 31.5 Å². The average molecular weight is 378 g/mol. The van der Waals surface area contributed by atoms with E-state index >= 15 is 0 Å². The van der Waals surface area contributed by atoms with Crippen molar-refractivity contribution < 1.29 is 4.79 Å². The zero-order valence-electron chi connectivity index (χ0n) is 16.7. The average Bonchev–Trinajstić information content (AvgIpc) is 2.76. The van der Waals surface area contributed by atoms with Crippen LogP contribution in [0.5, 0.6) is 0 Å². The van der Waals surface area contributed by atoms with Crippen LogP contribution >= 0.6 is 0 Å². The van der Waals surface area contributed by atoms with Gasteiger partial charge in [0.05, 0.1) is 6.42 Å². The van der Waals surface area contributed by atoms with E-state index in [1.807, 2.05) is 35.2 Å². The van der Waals surface area contributed by atoms with Crippen LogP contribution in [0.15, 0.2) is 60.7 Å². The quantitative estimate of drug-likeness (QED) is 0.801. The first-order valence-corrected chi connectivity index (χ1v) is 10.6. The molecule has 0 unspecified atom stereocenters. The largest absolute Gasteiger partial charge is 0.340 e. The van der Waals surface area contributed by atoms with E-state index in [-0.39, 0.29) is 5.91 Å². The molecule has 4 rings (SSSR count). The first kappa shape index (κ1) is 19.2. The summed E-state index contributed by atoms with van der Waals surface area (Å²) in [7, 11) is 0. The molecule has 2 aromatic rings. The Bertz CT molecular complexity index is 733. The Hall–Kier alpha value is -2.17. The number of likely N-dealkylation sites (tertiary alicyclic amines) is 1. The number of carbonyl (C=O) groups is 1. The highest BCUT2D eigenvalue weighted by Gasteiger charge is 2.28. The second kappa shape index (κ2) is 9.35. The highest BCUT2D eigenvalue weighted by Crippen LogP contribution is 2.20. The summed E-state index contributed by atoms with van der Waals surface area (Å²) in [5.41, 5.74) is 2.52. The molecule has 2 aliphatic heterocycles. The lowest BCUT2D eigenvalue weighted by Gasteiger charge is -2.42. The monoisotopic (exact) mass is 377 g/mol. The Labute approximate surface area is 168 Å². The van der Waals surface area contributed by atoms with Crippen LogP contribution in [0.4, 0.5) is 0 Å². The molecule has 2 fully saturated rings. The minimum Gasteiger partial charge on any atom is -0.340 e. The maximum Gasteiger partial charge on any atom is 0.227 e. The fourth-order valence-corrected chi connectivity index (χ4v) is 4.50. The van der Waals surface area contributed by atoms with Gasteiger partial charge in [-0.15, -0.1) is 0 Å². The van der Waals surface area contributed by atoms with Crippen LogP contribution < -0.4 is 0 Å². The minimum absolute atomic E-state index is 0.267. The number of rotatable bonds is 5. The van der Waals surface area contributed by atoms with Crippen LogP contribution in [0.25, 0.3) is 0 Å². The molecule has 0 spiro atoms. The van der Waals surface area contributed by atoms with Crippen LogP contribution in [0.2, 0.25) is 0 Å². The van der Waals surface area contributed by atoms with Gasteiger partial charge in [-0.25, -0.2) is 0 Å². The molecule has 4 nitrogen and oxygen atoms in total. The Morgan fingerprint density at radius 3 is 1.93 bits per heavy atom. The molecule has 28 heavy (non-hydrogen) atoms. The van der Waals surface area contributed by atoms with Gasteiger partial charge in [-0.05, 0) is 37.1 Å². The van der Waals surface area contributed by atoms with E-state index in [0.717, 1.165) is 38.3 Å². The summed E-state index contributed by atoms with van der Waals surface area (Å²) in [6.07, 6.45) is 3.01. The molecule has 0 aromatic heterocycles. The lowest BCUT2D eigenvalue weighted by Crippen LogP contribution is -2.54. The van der Waals surface area contributed by atoms with E-state index in [1.54, 1.807) is 0 Å². The third-order valence-corrected chi connectivity index (χ3v) is 6.19. The summed E-state index contributed by atoms with van der Waals surface area (Å²) >= 11 is 0. The van der Waals surface area contributed by atoms with Gasteiger partial charge in [0.25, 0.3) is 0 Å². The van der Waals surface area contributed by atoms with Crippen LogP contribution in [-0.4, -0.2) is 65.9 Å². The Kier molecular flexibility index (Phi) is 6.40. The number of benzene rings is 2. The molecule has 2 heterocycles. The van der Waals surface area contributed by atoms with Gasteiger partial charge in [-0.2, -0.15) is 0 Å². The SMILES string of the molecule is O=C(Cc1ccccc1)N1CCN(C2CCN(Cc3ccccc3)CC2)CC1. The predicted molar refractivity (Wildman–Crippen MR) is 113 cm³/mol. The molecular weight excluding hydrogens is 346 g/mol. The molecule has 2 aliphatic rings. The Balaban J connectivity index is 1.20. The van der Waals surface area contributed by atoms with Gasteiger partial charge in [-0.3, -0.25) is 14.6 Å². The van der Waals surface area contributed by atoms with Crippen LogP contribution in [0, 0.1) is 0 Å². The molecule has 148 valence electrons. The number of hydrogen-bond donors (Lipinski definition) is 0. The summed E-state index contributed by atoms with van der Waals surface area (Å²) in [6.45, 7) is 7.19. The molecule has 0 radical (unpaired) electrons. The van der Waals surface area contributed by atoms with E-state index in [9.17, 15) is 4.79 Å². The molecule has 2 saturated heterocycles.